The van der Waals surface area contributed by atoms with E-state index in [0.717, 1.165) is 49.0 Å². The van der Waals surface area contributed by atoms with Gasteiger partial charge in [-0.3, -0.25) is 0 Å². The number of ether oxygens (including phenoxy) is 1. The number of hydrogen-bond donors (Lipinski definition) is 0. The second kappa shape index (κ2) is 10.4. The molecule has 1 fully saturated rings. The lowest BCUT2D eigenvalue weighted by molar-refractivity contribution is 0.188. The highest BCUT2D eigenvalue weighted by Crippen LogP contribution is 2.42. The molecule has 1 saturated carbocycles. The fraction of sp³-hybridized carbons (Fsp3) is 0.680. The van der Waals surface area contributed by atoms with Crippen molar-refractivity contribution in [3.8, 4) is 5.75 Å². The van der Waals surface area contributed by atoms with Crippen LogP contribution in [0.3, 0.4) is 0 Å². The van der Waals surface area contributed by atoms with Gasteiger partial charge in [0.25, 0.3) is 0 Å². The minimum atomic E-state index is -0.848. The highest BCUT2D eigenvalue weighted by atomic mass is 19.2. The third-order valence-electron chi connectivity index (χ3n) is 6.83. The van der Waals surface area contributed by atoms with Gasteiger partial charge in [-0.2, -0.15) is 4.39 Å². The summed E-state index contributed by atoms with van der Waals surface area (Å²) in [6.45, 7) is 4.63. The van der Waals surface area contributed by atoms with Crippen LogP contribution in [0.5, 0.6) is 5.75 Å². The van der Waals surface area contributed by atoms with Crippen LogP contribution in [0, 0.1) is 29.4 Å². The Morgan fingerprint density at radius 3 is 2.36 bits per heavy atom. The van der Waals surface area contributed by atoms with Gasteiger partial charge >= 0.3 is 0 Å². The Hall–Kier alpha value is -1.38. The molecule has 0 heterocycles. The van der Waals surface area contributed by atoms with Crippen molar-refractivity contribution in [2.75, 3.05) is 6.61 Å². The summed E-state index contributed by atoms with van der Waals surface area (Å²) in [7, 11) is 0. The van der Waals surface area contributed by atoms with Gasteiger partial charge in [0.1, 0.15) is 0 Å². The van der Waals surface area contributed by atoms with Gasteiger partial charge in [0.2, 0.25) is 5.82 Å². The average Bonchev–Trinajstić information content (AvgIpc) is 2.74. The van der Waals surface area contributed by atoms with Crippen LogP contribution >= 0.6 is 0 Å². The summed E-state index contributed by atoms with van der Waals surface area (Å²) < 4.78 is 34.2. The Morgan fingerprint density at radius 2 is 1.71 bits per heavy atom. The summed E-state index contributed by atoms with van der Waals surface area (Å²) >= 11 is 0. The first-order valence-corrected chi connectivity index (χ1v) is 11.4. The lowest BCUT2D eigenvalue weighted by Crippen LogP contribution is -2.23. The summed E-state index contributed by atoms with van der Waals surface area (Å²) in [5.41, 5.74) is 1.38. The molecule has 2 aliphatic carbocycles. The molecule has 3 rings (SSSR count). The summed E-state index contributed by atoms with van der Waals surface area (Å²) in [5.74, 6) is 0.903. The van der Waals surface area contributed by atoms with Gasteiger partial charge < -0.3 is 4.74 Å². The van der Waals surface area contributed by atoms with Crippen LogP contribution in [-0.4, -0.2) is 6.61 Å². The average molecular weight is 391 g/mol. The summed E-state index contributed by atoms with van der Waals surface area (Å²) in [6, 6.07) is 3.27. The lowest BCUT2D eigenvalue weighted by atomic mass is 9.70. The van der Waals surface area contributed by atoms with E-state index in [1.54, 1.807) is 12.1 Å². The quantitative estimate of drug-likeness (QED) is 0.438. The summed E-state index contributed by atoms with van der Waals surface area (Å²) in [6.07, 6.45) is 15.5. The van der Waals surface area contributed by atoms with Crippen LogP contribution in [0.4, 0.5) is 8.78 Å². The zero-order valence-corrected chi connectivity index (χ0v) is 17.6. The minimum Gasteiger partial charge on any atom is -0.490 e. The van der Waals surface area contributed by atoms with Gasteiger partial charge in [-0.05, 0) is 74.0 Å². The normalized spacial score (nSPS) is 25.4. The standard InChI is InChI=1S/C25H36F2O/c1-3-5-6-18-7-9-19(10-8-18)20-11-13-21(14-12-20)22-15-16-23(28-17-4-2)25(27)24(22)26/h13,15-16,18-20H,3-12,14,17H2,1-2H3. The number of allylic oxidation sites excluding steroid dienone is 2. The van der Waals surface area contributed by atoms with Gasteiger partial charge in [0, 0.05) is 5.56 Å². The molecule has 0 saturated heterocycles. The molecular formula is C25H36F2O. The summed E-state index contributed by atoms with van der Waals surface area (Å²) in [4.78, 5) is 0. The van der Waals surface area contributed by atoms with Crippen LogP contribution in [0.2, 0.25) is 0 Å². The van der Waals surface area contributed by atoms with Gasteiger partial charge in [0.05, 0.1) is 6.61 Å². The maximum Gasteiger partial charge on any atom is 0.201 e. The summed E-state index contributed by atoms with van der Waals surface area (Å²) in [5, 5.41) is 0. The molecule has 3 heteroatoms. The maximum absolute atomic E-state index is 14.6. The fourth-order valence-corrected chi connectivity index (χ4v) is 5.07. The zero-order valence-electron chi connectivity index (χ0n) is 17.6. The van der Waals surface area contributed by atoms with Crippen molar-refractivity contribution < 1.29 is 13.5 Å². The maximum atomic E-state index is 14.6. The molecule has 1 atom stereocenters. The smallest absolute Gasteiger partial charge is 0.201 e. The Morgan fingerprint density at radius 1 is 0.929 bits per heavy atom. The Bertz CT molecular complexity index is 659. The van der Waals surface area contributed by atoms with Crippen LogP contribution in [0.25, 0.3) is 5.57 Å². The Balaban J connectivity index is 1.58. The lowest BCUT2D eigenvalue weighted by Gasteiger charge is -2.35. The number of halogens is 2. The highest BCUT2D eigenvalue weighted by Gasteiger charge is 2.29. The van der Waals surface area contributed by atoms with Crippen molar-refractivity contribution in [1.82, 2.24) is 0 Å². The molecule has 156 valence electrons. The van der Waals surface area contributed by atoms with Crippen molar-refractivity contribution in [3.63, 3.8) is 0 Å². The van der Waals surface area contributed by atoms with Gasteiger partial charge in [-0.1, -0.05) is 52.0 Å². The van der Waals surface area contributed by atoms with E-state index >= 15 is 0 Å². The van der Waals surface area contributed by atoms with Gasteiger partial charge in [-0.25, -0.2) is 4.39 Å². The molecule has 0 spiro atoms. The molecule has 1 aromatic carbocycles. The van der Waals surface area contributed by atoms with Gasteiger partial charge in [-0.15, -0.1) is 0 Å². The molecule has 0 amide bonds. The van der Waals surface area contributed by atoms with Crippen LogP contribution in [0.1, 0.15) is 90.0 Å². The van der Waals surface area contributed by atoms with E-state index in [1.807, 2.05) is 6.92 Å². The first-order valence-electron chi connectivity index (χ1n) is 11.4. The van der Waals surface area contributed by atoms with E-state index in [9.17, 15) is 8.78 Å². The number of unbranched alkanes of at least 4 members (excludes halogenated alkanes) is 1. The molecule has 1 aromatic rings. The van der Waals surface area contributed by atoms with Crippen molar-refractivity contribution in [3.05, 3.63) is 35.4 Å². The van der Waals surface area contributed by atoms with E-state index in [-0.39, 0.29) is 5.75 Å². The number of benzene rings is 1. The molecule has 2 aliphatic rings. The first kappa shape index (κ1) is 21.3. The zero-order chi connectivity index (χ0) is 19.9. The molecule has 28 heavy (non-hydrogen) atoms. The van der Waals surface area contributed by atoms with Crippen LogP contribution in [-0.2, 0) is 0 Å². The van der Waals surface area contributed by atoms with E-state index in [4.69, 9.17) is 4.74 Å². The van der Waals surface area contributed by atoms with E-state index in [2.05, 4.69) is 13.0 Å². The van der Waals surface area contributed by atoms with Gasteiger partial charge in [0.15, 0.2) is 11.6 Å². The molecule has 1 nitrogen and oxygen atoms in total. The van der Waals surface area contributed by atoms with E-state index in [0.29, 0.717) is 12.2 Å². The molecule has 0 aromatic heterocycles. The van der Waals surface area contributed by atoms with E-state index in [1.165, 1.54) is 44.9 Å². The first-order chi connectivity index (χ1) is 13.6. The van der Waals surface area contributed by atoms with E-state index < -0.39 is 11.6 Å². The third-order valence-corrected chi connectivity index (χ3v) is 6.83. The Kier molecular flexibility index (Phi) is 7.93. The predicted octanol–water partition coefficient (Wildman–Crippen LogP) is 7.93. The van der Waals surface area contributed by atoms with Crippen molar-refractivity contribution >= 4 is 5.57 Å². The topological polar surface area (TPSA) is 9.23 Å². The largest absolute Gasteiger partial charge is 0.490 e. The molecule has 0 N–H and O–H groups in total. The highest BCUT2D eigenvalue weighted by molar-refractivity contribution is 5.67. The molecular weight excluding hydrogens is 354 g/mol. The third kappa shape index (κ3) is 5.15. The van der Waals surface area contributed by atoms with Crippen molar-refractivity contribution in [2.45, 2.75) is 84.5 Å². The fourth-order valence-electron chi connectivity index (χ4n) is 5.07. The number of rotatable bonds is 8. The Labute approximate surface area is 169 Å². The van der Waals surface area contributed by atoms with Crippen molar-refractivity contribution in [2.24, 2.45) is 17.8 Å². The van der Waals surface area contributed by atoms with Crippen LogP contribution in [0.15, 0.2) is 18.2 Å². The molecule has 1 unspecified atom stereocenters. The predicted molar refractivity (Wildman–Crippen MR) is 112 cm³/mol. The number of hydrogen-bond acceptors (Lipinski definition) is 1. The monoisotopic (exact) mass is 390 g/mol. The second-order valence-corrected chi connectivity index (χ2v) is 8.77. The molecule has 0 aliphatic heterocycles. The minimum absolute atomic E-state index is 0.0252. The van der Waals surface area contributed by atoms with Crippen LogP contribution < -0.4 is 4.74 Å². The second-order valence-electron chi connectivity index (χ2n) is 8.77. The molecule has 0 radical (unpaired) electrons. The SMILES string of the molecule is CCCCC1CCC(C2CC=C(c3ccc(OCCC)c(F)c3F)CC2)CC1. The van der Waals surface area contributed by atoms with Crippen molar-refractivity contribution in [1.29, 1.82) is 0 Å². The molecule has 0 bridgehead atoms.